The second-order valence-corrected chi connectivity index (χ2v) is 5.60. The number of aromatic nitrogens is 3. The molecular weight excluding hydrogens is 300 g/mol. The van der Waals surface area contributed by atoms with Gasteiger partial charge in [0.05, 0.1) is 11.1 Å². The Morgan fingerprint density at radius 2 is 2.05 bits per heavy atom. The van der Waals surface area contributed by atoms with Gasteiger partial charge in [-0.25, -0.2) is 19.1 Å². The first-order valence-corrected chi connectivity index (χ1v) is 6.28. The van der Waals surface area contributed by atoms with Crippen LogP contribution in [0.4, 0.5) is 10.5 Å². The maximum atomic E-state index is 12.2. The minimum Gasteiger partial charge on any atom is -0.476 e. The topological polar surface area (TPSA) is 120 Å². The highest BCUT2D eigenvalue weighted by Crippen LogP contribution is 2.28. The van der Waals surface area contributed by atoms with E-state index in [9.17, 15) is 14.7 Å². The zero-order valence-corrected chi connectivity index (χ0v) is 12.3. The summed E-state index contributed by atoms with van der Waals surface area (Å²) in [5.41, 5.74) is 4.38. The molecule has 8 nitrogen and oxygen atoms in total. The van der Waals surface area contributed by atoms with Crippen molar-refractivity contribution >= 4 is 40.4 Å². The third-order valence-electron chi connectivity index (χ3n) is 2.50. The Balaban J connectivity index is 2.75. The molecule has 2 aromatic rings. The molecule has 9 heteroatoms. The molecule has 0 unspecified atom stereocenters. The number of carbonyl (C=O) groups is 2. The Kier molecular flexibility index (Phi) is 3.50. The van der Waals surface area contributed by atoms with Crippen molar-refractivity contribution in [2.75, 3.05) is 5.73 Å². The molecule has 3 N–H and O–H groups in total. The lowest BCUT2D eigenvalue weighted by Crippen LogP contribution is -2.29. The van der Waals surface area contributed by atoms with E-state index in [1.54, 1.807) is 20.8 Å². The molecule has 0 atom stereocenters. The number of hydrogen-bond acceptors (Lipinski definition) is 6. The molecule has 0 saturated heterocycles. The minimum atomic E-state index is -1.38. The van der Waals surface area contributed by atoms with Gasteiger partial charge in [-0.15, -0.1) is 0 Å². The van der Waals surface area contributed by atoms with Crippen LogP contribution in [-0.4, -0.2) is 37.3 Å². The van der Waals surface area contributed by atoms with Gasteiger partial charge in [-0.05, 0) is 32.4 Å². The minimum absolute atomic E-state index is 0.0147. The van der Waals surface area contributed by atoms with Crippen LogP contribution in [-0.2, 0) is 4.74 Å². The predicted molar refractivity (Wildman–Crippen MR) is 75.5 cm³/mol. The molecule has 2 rings (SSSR count). The molecular formula is C12H13ClN4O4. The number of halogens is 1. The monoisotopic (exact) mass is 312 g/mol. The zero-order valence-electron chi connectivity index (χ0n) is 11.5. The third-order valence-corrected chi connectivity index (χ3v) is 2.68. The Labute approximate surface area is 124 Å². The predicted octanol–water partition coefficient (Wildman–Crippen LogP) is 2.15. The van der Waals surface area contributed by atoms with Gasteiger partial charge < -0.3 is 15.6 Å². The van der Waals surface area contributed by atoms with E-state index in [1.165, 1.54) is 6.20 Å². The fraction of sp³-hybridized carbons (Fsp3) is 0.333. The van der Waals surface area contributed by atoms with Crippen molar-refractivity contribution in [2.24, 2.45) is 0 Å². The number of carboxylic acids is 1. The van der Waals surface area contributed by atoms with Gasteiger partial charge >= 0.3 is 12.1 Å². The molecule has 0 aromatic carbocycles. The number of carbonyl (C=O) groups excluding carboxylic acids is 1. The van der Waals surface area contributed by atoms with E-state index in [-0.39, 0.29) is 22.0 Å². The van der Waals surface area contributed by atoms with E-state index in [0.29, 0.717) is 0 Å². The maximum Gasteiger partial charge on any atom is 0.421 e. The average Bonchev–Trinajstić information content (AvgIpc) is 2.60. The van der Waals surface area contributed by atoms with Crippen LogP contribution < -0.4 is 5.73 Å². The molecule has 0 aliphatic heterocycles. The largest absolute Gasteiger partial charge is 0.476 e. The summed E-state index contributed by atoms with van der Waals surface area (Å²) in [6, 6.07) is 0. The van der Waals surface area contributed by atoms with Crippen LogP contribution in [0.1, 0.15) is 31.3 Å². The van der Waals surface area contributed by atoms with E-state index in [4.69, 9.17) is 22.1 Å². The third kappa shape index (κ3) is 2.75. The lowest BCUT2D eigenvalue weighted by Gasteiger charge is -2.20. The Bertz CT molecular complexity index is 748. The first-order chi connectivity index (χ1) is 9.61. The van der Waals surface area contributed by atoms with Crippen molar-refractivity contribution in [3.05, 3.63) is 17.2 Å². The van der Waals surface area contributed by atoms with Crippen LogP contribution in [0.25, 0.3) is 11.0 Å². The first kappa shape index (κ1) is 15.0. The number of anilines is 1. The van der Waals surface area contributed by atoms with Crippen LogP contribution in [0, 0.1) is 0 Å². The fourth-order valence-electron chi connectivity index (χ4n) is 1.76. The number of hydrogen-bond donors (Lipinski definition) is 2. The summed E-state index contributed by atoms with van der Waals surface area (Å²) in [7, 11) is 0. The van der Waals surface area contributed by atoms with Crippen molar-refractivity contribution in [1.29, 1.82) is 0 Å². The van der Waals surface area contributed by atoms with E-state index < -0.39 is 23.4 Å². The molecule has 0 spiro atoms. The SMILES string of the molecule is CC(C)(C)OC(=O)n1c(C(=O)O)c(N)c2cnc(Cl)nc21. The van der Waals surface area contributed by atoms with Crippen LogP contribution in [0.5, 0.6) is 0 Å². The molecule has 21 heavy (non-hydrogen) atoms. The number of rotatable bonds is 1. The van der Waals surface area contributed by atoms with E-state index in [1.807, 2.05) is 0 Å². The fourth-order valence-corrected chi connectivity index (χ4v) is 1.89. The summed E-state index contributed by atoms with van der Waals surface area (Å²) in [5, 5.41) is 9.35. The Morgan fingerprint density at radius 3 is 2.57 bits per heavy atom. The number of nitrogens with zero attached hydrogens (tertiary/aromatic N) is 3. The van der Waals surface area contributed by atoms with Gasteiger partial charge in [0.25, 0.3) is 0 Å². The second-order valence-electron chi connectivity index (χ2n) is 5.26. The standard InChI is InChI=1S/C12H13ClN4O4/c1-12(2,3)21-11(20)17-7(9(18)19)6(14)5-4-15-10(13)16-8(5)17/h4H,14H2,1-3H3,(H,18,19). The molecule has 0 amide bonds. The van der Waals surface area contributed by atoms with Crippen molar-refractivity contribution in [1.82, 2.24) is 14.5 Å². The number of fused-ring (bicyclic) bond motifs is 1. The maximum absolute atomic E-state index is 12.2. The number of nitrogen functional groups attached to an aromatic ring is 1. The Hall–Kier alpha value is -2.35. The molecule has 2 heterocycles. The average molecular weight is 313 g/mol. The number of ether oxygens (including phenoxy) is 1. The molecule has 0 radical (unpaired) electrons. The van der Waals surface area contributed by atoms with E-state index in [2.05, 4.69) is 9.97 Å². The van der Waals surface area contributed by atoms with E-state index in [0.717, 1.165) is 4.57 Å². The highest BCUT2D eigenvalue weighted by Gasteiger charge is 2.29. The summed E-state index contributed by atoms with van der Waals surface area (Å²) in [5.74, 6) is -1.38. The summed E-state index contributed by atoms with van der Waals surface area (Å²) >= 11 is 5.69. The molecule has 0 bridgehead atoms. The summed E-state index contributed by atoms with van der Waals surface area (Å²) in [4.78, 5) is 31.2. The lowest BCUT2D eigenvalue weighted by atomic mass is 10.2. The second kappa shape index (κ2) is 4.88. The Morgan fingerprint density at radius 1 is 1.43 bits per heavy atom. The summed E-state index contributed by atoms with van der Waals surface area (Å²) < 4.78 is 5.96. The molecule has 0 aliphatic carbocycles. The van der Waals surface area contributed by atoms with Gasteiger partial charge in [-0.1, -0.05) is 0 Å². The molecule has 0 saturated carbocycles. The first-order valence-electron chi connectivity index (χ1n) is 5.91. The highest BCUT2D eigenvalue weighted by molar-refractivity contribution is 6.28. The van der Waals surface area contributed by atoms with Gasteiger partial charge in [-0.3, -0.25) is 0 Å². The van der Waals surface area contributed by atoms with Gasteiger partial charge in [0, 0.05) is 6.20 Å². The van der Waals surface area contributed by atoms with Crippen LogP contribution >= 0.6 is 11.6 Å². The van der Waals surface area contributed by atoms with Crippen molar-refractivity contribution < 1.29 is 19.4 Å². The van der Waals surface area contributed by atoms with Crippen LogP contribution in [0.15, 0.2) is 6.20 Å². The van der Waals surface area contributed by atoms with Gasteiger partial charge in [0.2, 0.25) is 5.28 Å². The molecule has 0 fully saturated rings. The number of carboxylic acid groups (broad SMARTS) is 1. The molecule has 0 aliphatic rings. The van der Waals surface area contributed by atoms with Gasteiger partial charge in [0.1, 0.15) is 5.60 Å². The van der Waals surface area contributed by atoms with Crippen molar-refractivity contribution in [3.63, 3.8) is 0 Å². The number of nitrogens with two attached hydrogens (primary N) is 1. The lowest BCUT2D eigenvalue weighted by molar-refractivity contribution is 0.0512. The van der Waals surface area contributed by atoms with Gasteiger partial charge in [0.15, 0.2) is 11.3 Å². The van der Waals surface area contributed by atoms with Crippen LogP contribution in [0.2, 0.25) is 5.28 Å². The smallest absolute Gasteiger partial charge is 0.421 e. The molecule has 2 aromatic heterocycles. The number of aromatic carboxylic acids is 1. The molecule has 112 valence electrons. The van der Waals surface area contributed by atoms with Crippen molar-refractivity contribution in [3.8, 4) is 0 Å². The zero-order chi connectivity index (χ0) is 15.9. The van der Waals surface area contributed by atoms with Crippen molar-refractivity contribution in [2.45, 2.75) is 26.4 Å². The van der Waals surface area contributed by atoms with Gasteiger partial charge in [-0.2, -0.15) is 4.98 Å². The van der Waals surface area contributed by atoms with Crippen LogP contribution in [0.3, 0.4) is 0 Å². The highest BCUT2D eigenvalue weighted by atomic mass is 35.5. The quantitative estimate of drug-likeness (QED) is 0.774. The summed E-state index contributed by atoms with van der Waals surface area (Å²) in [6.07, 6.45) is 0.351. The van der Waals surface area contributed by atoms with E-state index >= 15 is 0 Å². The normalized spacial score (nSPS) is 11.6. The summed E-state index contributed by atoms with van der Waals surface area (Å²) in [6.45, 7) is 4.97.